The summed E-state index contributed by atoms with van der Waals surface area (Å²) in [4.78, 5) is 0. The maximum absolute atomic E-state index is 2.77. The molecular weight excluding hydrogens is 115 g/mol. The van der Waals surface area contributed by atoms with Gasteiger partial charge in [-0.3, -0.25) is 0 Å². The first kappa shape index (κ1) is 8.43. The Kier molecular flexibility index (Phi) is 5.86. The molecule has 0 rings (SSSR count). The molecule has 0 aliphatic carbocycles. The van der Waals surface area contributed by atoms with Crippen LogP contribution < -0.4 is 0 Å². The van der Waals surface area contributed by atoms with Gasteiger partial charge in [0.25, 0.3) is 0 Å². The van der Waals surface area contributed by atoms with E-state index in [2.05, 4.69) is 23.1 Å². The third kappa shape index (κ3) is 4.59. The van der Waals surface area contributed by atoms with Crippen LogP contribution in [0.15, 0.2) is 0 Å². The molecule has 0 aliphatic rings. The van der Waals surface area contributed by atoms with Gasteiger partial charge in [-0.05, 0) is 18.5 Å². The van der Waals surface area contributed by atoms with Crippen molar-refractivity contribution in [2.24, 2.45) is 5.92 Å². The topological polar surface area (TPSA) is 0 Å². The minimum atomic E-state index is 0.942. The molecule has 1 heteroatoms. The average Bonchev–Trinajstić information content (AvgIpc) is 1.68. The molecule has 0 N–H and O–H groups in total. The third-order valence-corrected chi connectivity index (χ3v) is 1.77. The molecule has 0 radical (unpaired) electrons. The molecule has 0 aromatic heterocycles. The van der Waals surface area contributed by atoms with Crippen LogP contribution in [0.5, 0.6) is 0 Å². The van der Waals surface area contributed by atoms with Crippen molar-refractivity contribution in [3.63, 3.8) is 0 Å². The molecule has 0 spiro atoms. The van der Waals surface area contributed by atoms with Gasteiger partial charge in [0.15, 0.2) is 0 Å². The lowest BCUT2D eigenvalue weighted by Crippen LogP contribution is -1.92. The zero-order valence-corrected chi connectivity index (χ0v) is 7.14. The van der Waals surface area contributed by atoms with Crippen molar-refractivity contribution < 1.29 is 0 Å². The molecule has 0 aromatic carbocycles. The van der Waals surface area contributed by atoms with E-state index in [4.69, 9.17) is 0 Å². The maximum atomic E-state index is 2.77. The molecule has 8 heavy (non-hydrogen) atoms. The molecule has 0 bridgehead atoms. The molecule has 50 valence electrons. The van der Waals surface area contributed by atoms with E-state index in [1.807, 2.05) is 0 Å². The largest absolute Gasteiger partial charge is 0.138 e. The van der Waals surface area contributed by atoms with Crippen molar-refractivity contribution in [1.29, 1.82) is 0 Å². The number of hydrogen-bond acceptors (Lipinski definition) is 0. The fourth-order valence-electron chi connectivity index (χ4n) is 0.922. The SMILES string of the molecule is CCCC(C)CCP. The second-order valence-corrected chi connectivity index (χ2v) is 3.05. The molecule has 0 aliphatic heterocycles. The molecule has 0 saturated heterocycles. The summed E-state index contributed by atoms with van der Waals surface area (Å²) in [5.41, 5.74) is 0. The molecule has 0 saturated carbocycles. The Morgan fingerprint density at radius 2 is 2.00 bits per heavy atom. The summed E-state index contributed by atoms with van der Waals surface area (Å²) in [5.74, 6) is 0.942. The monoisotopic (exact) mass is 132 g/mol. The van der Waals surface area contributed by atoms with E-state index >= 15 is 0 Å². The zero-order valence-electron chi connectivity index (χ0n) is 5.98. The highest BCUT2D eigenvalue weighted by atomic mass is 31.0. The van der Waals surface area contributed by atoms with Crippen LogP contribution in [0.1, 0.15) is 33.1 Å². The molecule has 2 atom stereocenters. The number of hydrogen-bond donors (Lipinski definition) is 0. The quantitative estimate of drug-likeness (QED) is 0.516. The lowest BCUT2D eigenvalue weighted by atomic mass is 10.0. The smallest absolute Gasteiger partial charge is 0.0379 e. The summed E-state index contributed by atoms with van der Waals surface area (Å²) in [6, 6.07) is 0. The summed E-state index contributed by atoms with van der Waals surface area (Å²) in [6.45, 7) is 4.58. The van der Waals surface area contributed by atoms with Gasteiger partial charge < -0.3 is 0 Å². The summed E-state index contributed by atoms with van der Waals surface area (Å²) < 4.78 is 0. The van der Waals surface area contributed by atoms with Crippen LogP contribution in [-0.2, 0) is 0 Å². The second-order valence-electron chi connectivity index (χ2n) is 2.47. The Bertz CT molecular complexity index is 37.7. The highest BCUT2D eigenvalue weighted by Gasteiger charge is 1.95. The first-order valence-electron chi connectivity index (χ1n) is 3.51. The Balaban J connectivity index is 2.92. The predicted octanol–water partition coefficient (Wildman–Crippen LogP) is 2.69. The molecule has 0 heterocycles. The van der Waals surface area contributed by atoms with Crippen LogP contribution in [0, 0.1) is 5.92 Å². The van der Waals surface area contributed by atoms with Crippen molar-refractivity contribution in [3.8, 4) is 0 Å². The molecule has 2 unspecified atom stereocenters. The minimum absolute atomic E-state index is 0.942. The fraction of sp³-hybridized carbons (Fsp3) is 1.00. The second kappa shape index (κ2) is 5.56. The third-order valence-electron chi connectivity index (χ3n) is 1.44. The van der Waals surface area contributed by atoms with E-state index in [9.17, 15) is 0 Å². The van der Waals surface area contributed by atoms with Crippen molar-refractivity contribution in [3.05, 3.63) is 0 Å². The van der Waals surface area contributed by atoms with Crippen LogP contribution in [-0.4, -0.2) is 6.16 Å². The van der Waals surface area contributed by atoms with Crippen LogP contribution >= 0.6 is 9.24 Å². The van der Waals surface area contributed by atoms with Crippen LogP contribution in [0.2, 0.25) is 0 Å². The summed E-state index contributed by atoms with van der Waals surface area (Å²) in [5, 5.41) is 0. The average molecular weight is 132 g/mol. The van der Waals surface area contributed by atoms with Gasteiger partial charge in [-0.1, -0.05) is 26.7 Å². The summed E-state index contributed by atoms with van der Waals surface area (Å²) in [6.07, 6.45) is 5.37. The van der Waals surface area contributed by atoms with Crippen molar-refractivity contribution >= 4 is 9.24 Å². The van der Waals surface area contributed by atoms with E-state index in [1.165, 1.54) is 25.4 Å². The maximum Gasteiger partial charge on any atom is -0.0379 e. The first-order chi connectivity index (χ1) is 3.81. The van der Waals surface area contributed by atoms with E-state index < -0.39 is 0 Å². The molecular formula is C7H17P. The van der Waals surface area contributed by atoms with Gasteiger partial charge in [-0.2, -0.15) is 0 Å². The van der Waals surface area contributed by atoms with E-state index in [0.717, 1.165) is 5.92 Å². The lowest BCUT2D eigenvalue weighted by molar-refractivity contribution is 0.513. The van der Waals surface area contributed by atoms with Crippen LogP contribution in [0.4, 0.5) is 0 Å². The first-order valence-corrected chi connectivity index (χ1v) is 4.33. The fourth-order valence-corrected chi connectivity index (χ4v) is 1.49. The van der Waals surface area contributed by atoms with Crippen molar-refractivity contribution in [2.45, 2.75) is 33.1 Å². The van der Waals surface area contributed by atoms with Gasteiger partial charge in [0.2, 0.25) is 0 Å². The Morgan fingerprint density at radius 1 is 1.38 bits per heavy atom. The molecule has 0 nitrogen and oxygen atoms in total. The summed E-state index contributed by atoms with van der Waals surface area (Å²) >= 11 is 0. The van der Waals surface area contributed by atoms with Gasteiger partial charge in [-0.15, -0.1) is 9.24 Å². The Hall–Kier alpha value is 0.430. The van der Waals surface area contributed by atoms with E-state index in [-0.39, 0.29) is 0 Å². The Labute approximate surface area is 55.3 Å². The molecule has 0 amide bonds. The minimum Gasteiger partial charge on any atom is -0.138 e. The highest BCUT2D eigenvalue weighted by Crippen LogP contribution is 2.10. The molecule has 0 aromatic rings. The van der Waals surface area contributed by atoms with Gasteiger partial charge >= 0.3 is 0 Å². The molecule has 0 fully saturated rings. The summed E-state index contributed by atoms with van der Waals surface area (Å²) in [7, 11) is 2.77. The van der Waals surface area contributed by atoms with Crippen LogP contribution in [0.25, 0.3) is 0 Å². The van der Waals surface area contributed by atoms with Gasteiger partial charge in [0.05, 0.1) is 0 Å². The lowest BCUT2D eigenvalue weighted by Gasteiger charge is -2.05. The standard InChI is InChI=1S/C7H17P/c1-3-4-7(2)5-6-8/h7H,3-6,8H2,1-2H3. The van der Waals surface area contributed by atoms with Crippen molar-refractivity contribution in [1.82, 2.24) is 0 Å². The van der Waals surface area contributed by atoms with Crippen LogP contribution in [0.3, 0.4) is 0 Å². The highest BCUT2D eigenvalue weighted by molar-refractivity contribution is 7.16. The number of rotatable bonds is 4. The Morgan fingerprint density at radius 3 is 2.38 bits per heavy atom. The van der Waals surface area contributed by atoms with Gasteiger partial charge in [0.1, 0.15) is 0 Å². The van der Waals surface area contributed by atoms with E-state index in [1.54, 1.807) is 0 Å². The van der Waals surface area contributed by atoms with Gasteiger partial charge in [0, 0.05) is 0 Å². The van der Waals surface area contributed by atoms with Crippen molar-refractivity contribution in [2.75, 3.05) is 6.16 Å². The zero-order chi connectivity index (χ0) is 6.41. The normalized spacial score (nSPS) is 13.9. The van der Waals surface area contributed by atoms with Gasteiger partial charge in [-0.25, -0.2) is 0 Å². The van der Waals surface area contributed by atoms with E-state index in [0.29, 0.717) is 0 Å². The predicted molar refractivity (Wildman–Crippen MR) is 43.3 cm³/mol.